The van der Waals surface area contributed by atoms with Gasteiger partial charge in [-0.25, -0.2) is 4.79 Å². The molecule has 1 aromatic carbocycles. The summed E-state index contributed by atoms with van der Waals surface area (Å²) in [5.74, 6) is -0.662. The van der Waals surface area contributed by atoms with Crippen molar-refractivity contribution in [2.75, 3.05) is 19.0 Å². The predicted octanol–water partition coefficient (Wildman–Crippen LogP) is 2.32. The maximum Gasteiger partial charge on any atom is 0.397 e. The van der Waals surface area contributed by atoms with Crippen LogP contribution >= 0.6 is 0 Å². The number of amides is 1. The van der Waals surface area contributed by atoms with E-state index < -0.39 is 11.9 Å². The molecule has 0 unspecified atom stereocenters. The summed E-state index contributed by atoms with van der Waals surface area (Å²) in [5.41, 5.74) is 1.51. The second-order valence-electron chi connectivity index (χ2n) is 4.29. The Hall–Kier alpha value is -2.04. The summed E-state index contributed by atoms with van der Waals surface area (Å²) in [6, 6.07) is 5.23. The van der Waals surface area contributed by atoms with E-state index in [1.807, 2.05) is 13.8 Å². The normalized spacial score (nSPS) is 10.2. The second-order valence-corrected chi connectivity index (χ2v) is 4.29. The highest BCUT2D eigenvalue weighted by molar-refractivity contribution is 6.37. The van der Waals surface area contributed by atoms with Crippen molar-refractivity contribution in [2.45, 2.75) is 26.7 Å². The van der Waals surface area contributed by atoms with Crippen LogP contribution in [0.15, 0.2) is 18.2 Å². The summed E-state index contributed by atoms with van der Waals surface area (Å²) in [6.07, 6.45) is 0. The van der Waals surface area contributed by atoms with Crippen LogP contribution in [0.1, 0.15) is 32.3 Å². The molecule has 5 heteroatoms. The van der Waals surface area contributed by atoms with Gasteiger partial charge in [0.15, 0.2) is 0 Å². The highest BCUT2D eigenvalue weighted by Crippen LogP contribution is 2.29. The molecule has 0 saturated heterocycles. The van der Waals surface area contributed by atoms with Crippen LogP contribution in [0.2, 0.25) is 0 Å². The lowest BCUT2D eigenvalue weighted by molar-refractivity contribution is -0.152. The molecule has 0 aliphatic rings. The standard InChI is InChI=1S/C14H19NO4/c1-5-19-14(17)13(16)15-10-6-7-12(18-4)11(8-10)9(2)3/h6-9H,5H2,1-4H3,(H,15,16). The highest BCUT2D eigenvalue weighted by atomic mass is 16.5. The molecule has 1 rings (SSSR count). The van der Waals surface area contributed by atoms with Crippen LogP contribution in [-0.2, 0) is 14.3 Å². The zero-order valence-electron chi connectivity index (χ0n) is 11.6. The van der Waals surface area contributed by atoms with Crippen LogP contribution in [0.5, 0.6) is 5.75 Å². The van der Waals surface area contributed by atoms with Crippen molar-refractivity contribution in [2.24, 2.45) is 0 Å². The second kappa shape index (κ2) is 6.78. The third-order valence-corrected chi connectivity index (χ3v) is 2.57. The molecule has 0 atom stereocenters. The Morgan fingerprint density at radius 1 is 1.32 bits per heavy atom. The lowest BCUT2D eigenvalue weighted by Crippen LogP contribution is -2.25. The predicted molar refractivity (Wildman–Crippen MR) is 72.3 cm³/mol. The molecule has 1 aromatic rings. The molecule has 0 bridgehead atoms. The third kappa shape index (κ3) is 3.98. The summed E-state index contributed by atoms with van der Waals surface area (Å²) in [5, 5.41) is 2.50. The minimum Gasteiger partial charge on any atom is -0.496 e. The molecule has 1 N–H and O–H groups in total. The number of carbonyl (C=O) groups excluding carboxylic acids is 2. The lowest BCUT2D eigenvalue weighted by Gasteiger charge is -2.13. The SMILES string of the molecule is CCOC(=O)C(=O)Nc1ccc(OC)c(C(C)C)c1. The van der Waals surface area contributed by atoms with Gasteiger partial charge in [0, 0.05) is 5.69 Å². The summed E-state index contributed by atoms with van der Waals surface area (Å²) in [7, 11) is 1.60. The zero-order chi connectivity index (χ0) is 14.4. The van der Waals surface area contributed by atoms with Crippen LogP contribution in [0.25, 0.3) is 0 Å². The number of rotatable bonds is 4. The molecule has 0 aliphatic carbocycles. The largest absolute Gasteiger partial charge is 0.496 e. The van der Waals surface area contributed by atoms with E-state index >= 15 is 0 Å². The van der Waals surface area contributed by atoms with Crippen molar-refractivity contribution in [1.82, 2.24) is 0 Å². The monoisotopic (exact) mass is 265 g/mol. The molecule has 0 fully saturated rings. The molecule has 0 aliphatic heterocycles. The molecule has 0 heterocycles. The van der Waals surface area contributed by atoms with Gasteiger partial charge in [0.25, 0.3) is 0 Å². The first kappa shape index (κ1) is 15.0. The fourth-order valence-corrected chi connectivity index (χ4v) is 1.64. The van der Waals surface area contributed by atoms with Gasteiger partial charge in [-0.3, -0.25) is 4.79 Å². The molecule has 0 spiro atoms. The fourth-order valence-electron chi connectivity index (χ4n) is 1.64. The highest BCUT2D eigenvalue weighted by Gasteiger charge is 2.16. The van der Waals surface area contributed by atoms with Gasteiger partial charge in [-0.1, -0.05) is 13.8 Å². The quantitative estimate of drug-likeness (QED) is 0.670. The van der Waals surface area contributed by atoms with Gasteiger partial charge in [0.05, 0.1) is 13.7 Å². The number of esters is 1. The Balaban J connectivity index is 2.88. The third-order valence-electron chi connectivity index (χ3n) is 2.57. The van der Waals surface area contributed by atoms with E-state index in [-0.39, 0.29) is 12.5 Å². The topological polar surface area (TPSA) is 64.6 Å². The molecule has 104 valence electrons. The van der Waals surface area contributed by atoms with Gasteiger partial charge in [-0.2, -0.15) is 0 Å². The molecule has 0 aromatic heterocycles. The molecular weight excluding hydrogens is 246 g/mol. The Morgan fingerprint density at radius 2 is 2.00 bits per heavy atom. The van der Waals surface area contributed by atoms with Gasteiger partial charge >= 0.3 is 11.9 Å². The average molecular weight is 265 g/mol. The van der Waals surface area contributed by atoms with Crippen molar-refractivity contribution in [3.63, 3.8) is 0 Å². The number of ether oxygens (including phenoxy) is 2. The number of hydrogen-bond donors (Lipinski definition) is 1. The Morgan fingerprint density at radius 3 is 2.53 bits per heavy atom. The van der Waals surface area contributed by atoms with E-state index in [0.717, 1.165) is 11.3 Å². The van der Waals surface area contributed by atoms with Crippen LogP contribution in [0, 0.1) is 0 Å². The van der Waals surface area contributed by atoms with E-state index in [4.69, 9.17) is 4.74 Å². The number of benzene rings is 1. The maximum atomic E-state index is 11.5. The summed E-state index contributed by atoms with van der Waals surface area (Å²) in [6.45, 7) is 5.87. The van der Waals surface area contributed by atoms with Crippen LogP contribution < -0.4 is 10.1 Å². The van der Waals surface area contributed by atoms with E-state index in [1.54, 1.807) is 32.2 Å². The number of carbonyl (C=O) groups is 2. The van der Waals surface area contributed by atoms with Crippen molar-refractivity contribution in [3.8, 4) is 5.75 Å². The first-order valence-electron chi connectivity index (χ1n) is 6.15. The Labute approximate surface area is 112 Å². The van der Waals surface area contributed by atoms with Crippen molar-refractivity contribution in [3.05, 3.63) is 23.8 Å². The van der Waals surface area contributed by atoms with Crippen LogP contribution in [0.3, 0.4) is 0 Å². The molecule has 5 nitrogen and oxygen atoms in total. The van der Waals surface area contributed by atoms with E-state index in [2.05, 4.69) is 10.1 Å². The lowest BCUT2D eigenvalue weighted by atomic mass is 10.0. The van der Waals surface area contributed by atoms with Crippen molar-refractivity contribution < 1.29 is 19.1 Å². The first-order valence-corrected chi connectivity index (χ1v) is 6.15. The van der Waals surface area contributed by atoms with Gasteiger partial charge in [-0.15, -0.1) is 0 Å². The van der Waals surface area contributed by atoms with E-state index in [0.29, 0.717) is 5.69 Å². The van der Waals surface area contributed by atoms with Crippen LogP contribution in [-0.4, -0.2) is 25.6 Å². The molecule has 19 heavy (non-hydrogen) atoms. The molecule has 1 amide bonds. The first-order chi connectivity index (χ1) is 8.99. The van der Waals surface area contributed by atoms with Crippen molar-refractivity contribution >= 4 is 17.6 Å². The molecular formula is C14H19NO4. The fraction of sp³-hybridized carbons (Fsp3) is 0.429. The smallest absolute Gasteiger partial charge is 0.397 e. The Kier molecular flexibility index (Phi) is 5.36. The summed E-state index contributed by atoms with van der Waals surface area (Å²) >= 11 is 0. The zero-order valence-corrected chi connectivity index (χ0v) is 11.6. The van der Waals surface area contributed by atoms with Gasteiger partial charge in [0.2, 0.25) is 0 Å². The molecule has 0 saturated carbocycles. The minimum atomic E-state index is -0.885. The van der Waals surface area contributed by atoms with Crippen molar-refractivity contribution in [1.29, 1.82) is 0 Å². The molecule has 0 radical (unpaired) electrons. The minimum absolute atomic E-state index is 0.173. The average Bonchev–Trinajstić information content (AvgIpc) is 2.38. The van der Waals surface area contributed by atoms with Crippen LogP contribution in [0.4, 0.5) is 5.69 Å². The van der Waals surface area contributed by atoms with E-state index in [9.17, 15) is 9.59 Å². The number of anilines is 1. The number of methoxy groups -OCH3 is 1. The number of nitrogens with one attached hydrogen (secondary N) is 1. The number of hydrogen-bond acceptors (Lipinski definition) is 4. The summed E-state index contributed by atoms with van der Waals surface area (Å²) in [4.78, 5) is 22.8. The maximum absolute atomic E-state index is 11.5. The van der Waals surface area contributed by atoms with Gasteiger partial charge in [0.1, 0.15) is 5.75 Å². The van der Waals surface area contributed by atoms with Gasteiger partial charge in [-0.05, 0) is 36.6 Å². The Bertz CT molecular complexity index is 469. The van der Waals surface area contributed by atoms with Gasteiger partial charge < -0.3 is 14.8 Å². The summed E-state index contributed by atoms with van der Waals surface area (Å²) < 4.78 is 9.87. The van der Waals surface area contributed by atoms with E-state index in [1.165, 1.54) is 0 Å².